The fourth-order valence-electron chi connectivity index (χ4n) is 4.45. The highest BCUT2D eigenvalue weighted by atomic mass is 79.9. The van der Waals surface area contributed by atoms with Crippen molar-refractivity contribution >= 4 is 67.3 Å². The molecule has 2 aromatic carbocycles. The predicted molar refractivity (Wildman–Crippen MR) is 132 cm³/mol. The maximum absolute atomic E-state index is 13.2. The summed E-state index contributed by atoms with van der Waals surface area (Å²) in [4.78, 5) is 28.3. The molecule has 3 aromatic rings. The van der Waals surface area contributed by atoms with Crippen molar-refractivity contribution in [2.75, 3.05) is 5.75 Å². The minimum Gasteiger partial charge on any atom is -0.480 e. The van der Waals surface area contributed by atoms with Crippen molar-refractivity contribution in [1.29, 1.82) is 0 Å². The minimum absolute atomic E-state index is 0.0408. The van der Waals surface area contributed by atoms with Crippen LogP contribution in [-0.2, 0) is 22.4 Å². The van der Waals surface area contributed by atoms with E-state index in [0.717, 1.165) is 43.8 Å². The van der Waals surface area contributed by atoms with E-state index in [9.17, 15) is 14.7 Å². The van der Waals surface area contributed by atoms with Crippen molar-refractivity contribution in [3.05, 3.63) is 68.2 Å². The molecule has 1 heterocycles. The molecule has 1 amide bonds. The first-order valence-corrected chi connectivity index (χ1v) is 12.3. The maximum atomic E-state index is 13.2. The Morgan fingerprint density at radius 2 is 1.94 bits per heavy atom. The number of aromatic amines is 1. The highest BCUT2D eigenvalue weighted by molar-refractivity contribution is 9.10. The lowest BCUT2D eigenvalue weighted by Gasteiger charge is -2.24. The van der Waals surface area contributed by atoms with Crippen LogP contribution < -0.4 is 5.32 Å². The smallest absolute Gasteiger partial charge is 0.326 e. The summed E-state index contributed by atoms with van der Waals surface area (Å²) < 4.78 is 1.94. The van der Waals surface area contributed by atoms with Crippen LogP contribution in [0.1, 0.15) is 29.0 Å². The molecule has 8 heteroatoms. The van der Waals surface area contributed by atoms with Gasteiger partial charge in [-0.2, -0.15) is 12.6 Å². The van der Waals surface area contributed by atoms with Crippen molar-refractivity contribution in [3.63, 3.8) is 0 Å². The average molecular weight is 566 g/mol. The number of rotatable bonds is 7. The lowest BCUT2D eigenvalue weighted by atomic mass is 9.87. The van der Waals surface area contributed by atoms with Gasteiger partial charge >= 0.3 is 5.97 Å². The van der Waals surface area contributed by atoms with E-state index >= 15 is 0 Å². The van der Waals surface area contributed by atoms with Gasteiger partial charge in [0, 0.05) is 38.2 Å². The Kier molecular flexibility index (Phi) is 6.79. The quantitative estimate of drug-likeness (QED) is 0.301. The fraction of sp³-hybridized carbons (Fsp3) is 0.304. The molecular weight excluding hydrogens is 544 g/mol. The zero-order valence-electron chi connectivity index (χ0n) is 16.6. The Labute approximate surface area is 202 Å². The highest BCUT2D eigenvalue weighted by Gasteiger charge is 2.35. The summed E-state index contributed by atoms with van der Waals surface area (Å²) in [5.41, 5.74) is 4.17. The van der Waals surface area contributed by atoms with Gasteiger partial charge in [0.25, 0.3) is 0 Å². The summed E-state index contributed by atoms with van der Waals surface area (Å²) in [7, 11) is 0. The highest BCUT2D eigenvalue weighted by Crippen LogP contribution is 2.40. The molecule has 0 saturated carbocycles. The molecule has 0 spiro atoms. The standard InChI is InChI=1S/C23H22Br2N2O3S/c24-14-2-5-16-12(7-14)1-4-17(16)19(11-31)22(28)27-21(23(29)30)8-13-10-26-20-6-3-15(25)9-18(13)20/h2-3,5-7,9-10,17,19,21,26,31H,1,4,8,11H2,(H,27,28)(H,29,30). The molecule has 31 heavy (non-hydrogen) atoms. The number of carboxylic acid groups (broad SMARTS) is 1. The van der Waals surface area contributed by atoms with E-state index in [-0.39, 0.29) is 24.2 Å². The number of aromatic nitrogens is 1. The number of aliphatic carboxylic acids is 1. The summed E-state index contributed by atoms with van der Waals surface area (Å²) in [6.07, 6.45) is 3.77. The second-order valence-corrected chi connectivity index (χ2v) is 10.1. The number of benzene rings is 2. The van der Waals surface area contributed by atoms with Crippen LogP contribution in [-0.4, -0.2) is 33.8 Å². The molecule has 0 radical (unpaired) electrons. The number of nitrogens with one attached hydrogen (secondary N) is 2. The molecule has 4 rings (SSSR count). The molecule has 0 fully saturated rings. The second-order valence-electron chi connectivity index (χ2n) is 7.88. The topological polar surface area (TPSA) is 82.2 Å². The first-order chi connectivity index (χ1) is 14.9. The van der Waals surface area contributed by atoms with E-state index < -0.39 is 12.0 Å². The first kappa shape index (κ1) is 22.4. The van der Waals surface area contributed by atoms with Gasteiger partial charge in [-0.15, -0.1) is 0 Å². The Bertz CT molecular complexity index is 1150. The van der Waals surface area contributed by atoms with Gasteiger partial charge in [-0.25, -0.2) is 4.79 Å². The van der Waals surface area contributed by atoms with Crippen LogP contribution in [0.5, 0.6) is 0 Å². The van der Waals surface area contributed by atoms with Crippen molar-refractivity contribution in [2.24, 2.45) is 5.92 Å². The predicted octanol–water partition coefficient (Wildman–Crippen LogP) is 5.08. The van der Waals surface area contributed by atoms with Crippen LogP contribution in [0.15, 0.2) is 51.5 Å². The molecular formula is C23H22Br2N2O3S. The van der Waals surface area contributed by atoms with Crippen LogP contribution in [0, 0.1) is 5.92 Å². The number of hydrogen-bond donors (Lipinski definition) is 4. The summed E-state index contributed by atoms with van der Waals surface area (Å²) in [5.74, 6) is -1.29. The number of halogens is 2. The van der Waals surface area contributed by atoms with Gasteiger partial charge in [-0.1, -0.05) is 37.9 Å². The number of carboxylic acids is 1. The van der Waals surface area contributed by atoms with Gasteiger partial charge in [-0.05, 0) is 65.8 Å². The summed E-state index contributed by atoms with van der Waals surface area (Å²) in [6, 6.07) is 10.9. The van der Waals surface area contributed by atoms with E-state index in [1.54, 1.807) is 6.20 Å². The summed E-state index contributed by atoms with van der Waals surface area (Å²) >= 11 is 11.4. The van der Waals surface area contributed by atoms with Gasteiger partial charge in [-0.3, -0.25) is 4.79 Å². The Morgan fingerprint density at radius 1 is 1.19 bits per heavy atom. The largest absolute Gasteiger partial charge is 0.480 e. The molecule has 1 aliphatic rings. The summed E-state index contributed by atoms with van der Waals surface area (Å²) in [6.45, 7) is 0. The van der Waals surface area contributed by atoms with Gasteiger partial charge in [0.15, 0.2) is 0 Å². The Morgan fingerprint density at radius 3 is 2.68 bits per heavy atom. The molecule has 5 nitrogen and oxygen atoms in total. The van der Waals surface area contributed by atoms with Gasteiger partial charge in [0.2, 0.25) is 5.91 Å². The first-order valence-electron chi connectivity index (χ1n) is 10.0. The maximum Gasteiger partial charge on any atom is 0.326 e. The van der Waals surface area contributed by atoms with Crippen LogP contribution in [0.25, 0.3) is 10.9 Å². The van der Waals surface area contributed by atoms with Gasteiger partial charge in [0.05, 0.1) is 5.92 Å². The number of thiol groups is 1. The zero-order valence-corrected chi connectivity index (χ0v) is 20.6. The third-order valence-corrected chi connectivity index (χ3v) is 7.40. The van der Waals surface area contributed by atoms with Gasteiger partial charge in [0.1, 0.15) is 6.04 Å². The van der Waals surface area contributed by atoms with E-state index in [4.69, 9.17) is 0 Å². The number of amides is 1. The molecule has 3 unspecified atom stereocenters. The summed E-state index contributed by atoms with van der Waals surface area (Å²) in [5, 5.41) is 13.5. The van der Waals surface area contributed by atoms with Crippen molar-refractivity contribution in [1.82, 2.24) is 10.3 Å². The third kappa shape index (κ3) is 4.71. The van der Waals surface area contributed by atoms with Crippen molar-refractivity contribution in [2.45, 2.75) is 31.2 Å². The normalized spacial score (nSPS) is 17.3. The lowest BCUT2D eigenvalue weighted by Crippen LogP contribution is -2.46. The number of H-pyrrole nitrogens is 1. The number of carbonyl (C=O) groups excluding carboxylic acids is 1. The second kappa shape index (κ2) is 9.38. The number of aryl methyl sites for hydroxylation is 1. The molecule has 0 saturated heterocycles. The van der Waals surface area contributed by atoms with Crippen molar-refractivity contribution < 1.29 is 14.7 Å². The van der Waals surface area contributed by atoms with Crippen LogP contribution >= 0.6 is 44.5 Å². The molecule has 1 aromatic heterocycles. The number of hydrogen-bond acceptors (Lipinski definition) is 3. The molecule has 3 atom stereocenters. The fourth-order valence-corrected chi connectivity index (χ4v) is 5.64. The molecule has 0 bridgehead atoms. The lowest BCUT2D eigenvalue weighted by molar-refractivity contribution is -0.142. The molecule has 162 valence electrons. The SMILES string of the molecule is O=C(O)C(Cc1c[nH]c2ccc(Br)cc12)NC(=O)C(CS)C1CCc2cc(Br)ccc21. The number of fused-ring (bicyclic) bond motifs is 2. The third-order valence-electron chi connectivity index (χ3n) is 6.02. The zero-order chi connectivity index (χ0) is 22.1. The van der Waals surface area contributed by atoms with E-state index in [1.165, 1.54) is 5.56 Å². The van der Waals surface area contributed by atoms with Crippen molar-refractivity contribution in [3.8, 4) is 0 Å². The Balaban J connectivity index is 1.53. The van der Waals surface area contributed by atoms with Crippen LogP contribution in [0.4, 0.5) is 0 Å². The molecule has 1 aliphatic carbocycles. The van der Waals surface area contributed by atoms with Crippen LogP contribution in [0.2, 0.25) is 0 Å². The van der Waals surface area contributed by atoms with E-state index in [2.05, 4.69) is 66.9 Å². The number of carbonyl (C=O) groups is 2. The van der Waals surface area contributed by atoms with E-state index in [1.807, 2.05) is 24.3 Å². The molecule has 0 aliphatic heterocycles. The van der Waals surface area contributed by atoms with Gasteiger partial charge < -0.3 is 15.4 Å². The monoisotopic (exact) mass is 564 g/mol. The Hall–Kier alpha value is -1.77. The minimum atomic E-state index is -1.05. The molecule has 3 N–H and O–H groups in total. The van der Waals surface area contributed by atoms with Crippen LogP contribution in [0.3, 0.4) is 0 Å². The van der Waals surface area contributed by atoms with E-state index in [0.29, 0.717) is 5.75 Å². The average Bonchev–Trinajstić information content (AvgIpc) is 3.32.